The van der Waals surface area contributed by atoms with Crippen LogP contribution >= 0.6 is 0 Å². The zero-order valence-corrected chi connectivity index (χ0v) is 12.9. The number of alkyl carbamates (subject to hydrolysis) is 1. The predicted molar refractivity (Wildman–Crippen MR) is 77.3 cm³/mol. The average Bonchev–Trinajstić information content (AvgIpc) is 2.42. The van der Waals surface area contributed by atoms with Crippen molar-refractivity contribution >= 4 is 6.09 Å². The van der Waals surface area contributed by atoms with Crippen molar-refractivity contribution in [3.8, 4) is 17.6 Å². The second-order valence-corrected chi connectivity index (χ2v) is 5.32. The standard InChI is InChI=1S/C15H20N2O4/c1-15(2,3)21-14(18)17-12(9-16)11-7-6-10(19-4)8-13(11)20-5/h6-8,12H,1-5H3,(H,17,18). The molecule has 21 heavy (non-hydrogen) atoms. The molecule has 0 saturated carbocycles. The van der Waals surface area contributed by atoms with Gasteiger partial charge in [-0.15, -0.1) is 0 Å². The first kappa shape index (κ1) is 16.6. The van der Waals surface area contributed by atoms with Gasteiger partial charge in [-0.1, -0.05) is 0 Å². The molecule has 114 valence electrons. The fraction of sp³-hybridized carbons (Fsp3) is 0.467. The van der Waals surface area contributed by atoms with Gasteiger partial charge in [0.1, 0.15) is 23.1 Å². The summed E-state index contributed by atoms with van der Waals surface area (Å²) in [5.74, 6) is 1.06. The molecule has 1 N–H and O–H groups in total. The number of carbonyl (C=O) groups is 1. The number of carbonyl (C=O) groups excluding carboxylic acids is 1. The van der Waals surface area contributed by atoms with E-state index >= 15 is 0 Å². The summed E-state index contributed by atoms with van der Waals surface area (Å²) < 4.78 is 15.5. The Morgan fingerprint density at radius 3 is 2.43 bits per heavy atom. The number of rotatable bonds is 4. The van der Waals surface area contributed by atoms with E-state index < -0.39 is 17.7 Å². The van der Waals surface area contributed by atoms with E-state index in [2.05, 4.69) is 5.32 Å². The maximum atomic E-state index is 11.8. The van der Waals surface area contributed by atoms with Gasteiger partial charge < -0.3 is 19.5 Å². The van der Waals surface area contributed by atoms with Crippen LogP contribution in [-0.2, 0) is 4.74 Å². The van der Waals surface area contributed by atoms with Crippen molar-refractivity contribution in [1.29, 1.82) is 5.26 Å². The highest BCUT2D eigenvalue weighted by Gasteiger charge is 2.22. The van der Waals surface area contributed by atoms with E-state index in [9.17, 15) is 10.1 Å². The quantitative estimate of drug-likeness (QED) is 0.923. The predicted octanol–water partition coefficient (Wildman–Crippen LogP) is 2.79. The molecule has 0 fully saturated rings. The highest BCUT2D eigenvalue weighted by atomic mass is 16.6. The smallest absolute Gasteiger partial charge is 0.408 e. The molecule has 0 bridgehead atoms. The van der Waals surface area contributed by atoms with E-state index in [-0.39, 0.29) is 0 Å². The van der Waals surface area contributed by atoms with Gasteiger partial charge >= 0.3 is 6.09 Å². The van der Waals surface area contributed by atoms with Crippen molar-refractivity contribution in [2.45, 2.75) is 32.4 Å². The van der Waals surface area contributed by atoms with Crippen LogP contribution in [0.1, 0.15) is 32.4 Å². The van der Waals surface area contributed by atoms with E-state index in [1.54, 1.807) is 39.0 Å². The molecule has 0 radical (unpaired) electrons. The van der Waals surface area contributed by atoms with E-state index in [0.29, 0.717) is 17.1 Å². The molecule has 1 rings (SSSR count). The molecule has 0 aliphatic rings. The third kappa shape index (κ3) is 4.88. The van der Waals surface area contributed by atoms with Crippen LogP contribution in [0.4, 0.5) is 4.79 Å². The monoisotopic (exact) mass is 292 g/mol. The first-order valence-corrected chi connectivity index (χ1v) is 6.41. The van der Waals surface area contributed by atoms with Gasteiger partial charge in [-0.05, 0) is 32.9 Å². The Kier molecular flexibility index (Phi) is 5.42. The maximum absolute atomic E-state index is 11.8. The summed E-state index contributed by atoms with van der Waals surface area (Å²) in [7, 11) is 3.02. The average molecular weight is 292 g/mol. The fourth-order valence-corrected chi connectivity index (χ4v) is 1.66. The van der Waals surface area contributed by atoms with E-state index in [1.165, 1.54) is 14.2 Å². The molecule has 1 aromatic carbocycles. The lowest BCUT2D eigenvalue weighted by atomic mass is 10.1. The number of ether oxygens (including phenoxy) is 3. The molecule has 1 unspecified atom stereocenters. The summed E-state index contributed by atoms with van der Waals surface area (Å²) in [6, 6.07) is 6.15. The van der Waals surface area contributed by atoms with Crippen LogP contribution in [0.3, 0.4) is 0 Å². The zero-order chi connectivity index (χ0) is 16.0. The minimum Gasteiger partial charge on any atom is -0.497 e. The number of nitriles is 1. The maximum Gasteiger partial charge on any atom is 0.408 e. The highest BCUT2D eigenvalue weighted by molar-refractivity contribution is 5.69. The van der Waals surface area contributed by atoms with Gasteiger partial charge in [-0.25, -0.2) is 4.79 Å². The Balaban J connectivity index is 2.96. The highest BCUT2D eigenvalue weighted by Crippen LogP contribution is 2.29. The van der Waals surface area contributed by atoms with Crippen LogP contribution in [0, 0.1) is 11.3 Å². The number of nitrogens with one attached hydrogen (secondary N) is 1. The molecule has 0 aromatic heterocycles. The van der Waals surface area contributed by atoms with Crippen molar-refractivity contribution in [3.63, 3.8) is 0 Å². The number of benzene rings is 1. The van der Waals surface area contributed by atoms with Crippen LogP contribution in [0.5, 0.6) is 11.5 Å². The minimum absolute atomic E-state index is 0.456. The fourth-order valence-electron chi connectivity index (χ4n) is 1.66. The molecule has 1 amide bonds. The largest absolute Gasteiger partial charge is 0.497 e. The number of methoxy groups -OCH3 is 2. The van der Waals surface area contributed by atoms with Gasteiger partial charge in [0.15, 0.2) is 0 Å². The summed E-state index contributed by atoms with van der Waals surface area (Å²) in [6.07, 6.45) is -0.660. The Morgan fingerprint density at radius 1 is 1.29 bits per heavy atom. The molecule has 6 nitrogen and oxygen atoms in total. The van der Waals surface area contributed by atoms with Crippen LogP contribution in [0.2, 0.25) is 0 Å². The Bertz CT molecular complexity index is 544. The van der Waals surface area contributed by atoms with Gasteiger partial charge in [-0.2, -0.15) is 5.26 Å². The van der Waals surface area contributed by atoms with Crippen molar-refractivity contribution in [2.75, 3.05) is 14.2 Å². The lowest BCUT2D eigenvalue weighted by Gasteiger charge is -2.22. The van der Waals surface area contributed by atoms with E-state index in [0.717, 1.165) is 0 Å². The lowest BCUT2D eigenvalue weighted by Crippen LogP contribution is -2.34. The van der Waals surface area contributed by atoms with Crippen molar-refractivity contribution in [3.05, 3.63) is 23.8 Å². The lowest BCUT2D eigenvalue weighted by molar-refractivity contribution is 0.0515. The number of amides is 1. The Morgan fingerprint density at radius 2 is 1.95 bits per heavy atom. The molecular weight excluding hydrogens is 272 g/mol. The van der Waals surface area contributed by atoms with Gasteiger partial charge in [0, 0.05) is 11.6 Å². The Hall–Kier alpha value is -2.42. The van der Waals surface area contributed by atoms with Crippen LogP contribution in [0.15, 0.2) is 18.2 Å². The third-order valence-corrected chi connectivity index (χ3v) is 2.54. The van der Waals surface area contributed by atoms with Gasteiger partial charge in [0.05, 0.1) is 20.3 Å². The van der Waals surface area contributed by atoms with Gasteiger partial charge in [0.2, 0.25) is 0 Å². The van der Waals surface area contributed by atoms with Crippen molar-refractivity contribution < 1.29 is 19.0 Å². The van der Waals surface area contributed by atoms with Crippen molar-refractivity contribution in [2.24, 2.45) is 0 Å². The second-order valence-electron chi connectivity index (χ2n) is 5.32. The summed E-state index contributed by atoms with van der Waals surface area (Å²) >= 11 is 0. The number of hydrogen-bond acceptors (Lipinski definition) is 5. The van der Waals surface area contributed by atoms with Crippen LogP contribution in [0.25, 0.3) is 0 Å². The first-order chi connectivity index (χ1) is 9.80. The summed E-state index contributed by atoms with van der Waals surface area (Å²) in [5, 5.41) is 11.8. The van der Waals surface area contributed by atoms with E-state index in [4.69, 9.17) is 14.2 Å². The summed E-state index contributed by atoms with van der Waals surface area (Å²) in [4.78, 5) is 11.8. The van der Waals surface area contributed by atoms with E-state index in [1.807, 2.05) is 6.07 Å². The molecule has 0 saturated heterocycles. The topological polar surface area (TPSA) is 80.6 Å². The SMILES string of the molecule is COc1ccc(C(C#N)NC(=O)OC(C)(C)C)c(OC)c1. The third-order valence-electron chi connectivity index (χ3n) is 2.54. The summed E-state index contributed by atoms with van der Waals surface area (Å²) in [5.41, 5.74) is -0.0969. The summed E-state index contributed by atoms with van der Waals surface area (Å²) in [6.45, 7) is 5.26. The second kappa shape index (κ2) is 6.84. The minimum atomic E-state index is -0.874. The first-order valence-electron chi connectivity index (χ1n) is 6.41. The molecule has 1 aromatic rings. The number of nitrogens with zero attached hydrogens (tertiary/aromatic N) is 1. The number of hydrogen-bond donors (Lipinski definition) is 1. The zero-order valence-electron chi connectivity index (χ0n) is 12.9. The molecule has 0 aliphatic carbocycles. The van der Waals surface area contributed by atoms with Crippen LogP contribution in [-0.4, -0.2) is 25.9 Å². The molecular formula is C15H20N2O4. The molecule has 6 heteroatoms. The molecule has 0 heterocycles. The molecule has 0 aliphatic heterocycles. The molecule has 0 spiro atoms. The molecule has 1 atom stereocenters. The van der Waals surface area contributed by atoms with Gasteiger partial charge in [0.25, 0.3) is 0 Å². The van der Waals surface area contributed by atoms with Gasteiger partial charge in [-0.3, -0.25) is 0 Å². The normalized spacial score (nSPS) is 12.0. The van der Waals surface area contributed by atoms with Crippen molar-refractivity contribution in [1.82, 2.24) is 5.32 Å². The van der Waals surface area contributed by atoms with Crippen LogP contribution < -0.4 is 14.8 Å². The Labute approximate surface area is 124 Å².